The van der Waals surface area contributed by atoms with Gasteiger partial charge < -0.3 is 10.2 Å². The lowest BCUT2D eigenvalue weighted by atomic mass is 9.47. The normalized spacial score (nSPS) is 46.3. The van der Waals surface area contributed by atoms with Crippen molar-refractivity contribution in [1.29, 1.82) is 0 Å². The third-order valence-corrected chi connectivity index (χ3v) is 10.5. The first kappa shape index (κ1) is 21.9. The second-order valence-corrected chi connectivity index (χ2v) is 12.1. The Morgan fingerprint density at radius 1 is 1.03 bits per heavy atom. The number of aliphatic hydroxyl groups is 2. The molecule has 2 nitrogen and oxygen atoms in total. The summed E-state index contributed by atoms with van der Waals surface area (Å²) in [7, 11) is 0. The summed E-state index contributed by atoms with van der Waals surface area (Å²) in [4.78, 5) is 0. The van der Waals surface area contributed by atoms with Gasteiger partial charge in [-0.05, 0) is 104 Å². The third-order valence-electron chi connectivity index (χ3n) is 10.5. The number of allylic oxidation sites excluding steroid dienone is 1. The fraction of sp³-hybridized carbons (Fsp3) is 0.926. The molecule has 0 aliphatic heterocycles. The Morgan fingerprint density at radius 3 is 2.59 bits per heavy atom. The van der Waals surface area contributed by atoms with Crippen LogP contribution in [0.15, 0.2) is 11.6 Å². The maximum atomic E-state index is 10.2. The first-order valence-corrected chi connectivity index (χ1v) is 12.8. The lowest BCUT2D eigenvalue weighted by Crippen LogP contribution is -2.50. The SMILES string of the molecule is C[C@H](CO)CCC[C@@H](C)[C@H]1CC[C@H]2[C@@H]3CC=C4C[C@@H](O)CC[C@]4(C)[C@H]3CC[C@]12C. The number of fused-ring (bicyclic) bond motifs is 5. The number of hydrogen-bond acceptors (Lipinski definition) is 2. The summed E-state index contributed by atoms with van der Waals surface area (Å²) in [6, 6.07) is 0. The lowest BCUT2D eigenvalue weighted by Gasteiger charge is -2.58. The van der Waals surface area contributed by atoms with Crippen molar-refractivity contribution < 1.29 is 10.2 Å². The van der Waals surface area contributed by atoms with Gasteiger partial charge in [-0.2, -0.15) is 0 Å². The summed E-state index contributed by atoms with van der Waals surface area (Å²) < 4.78 is 0. The van der Waals surface area contributed by atoms with Gasteiger partial charge >= 0.3 is 0 Å². The molecule has 2 N–H and O–H groups in total. The predicted molar refractivity (Wildman–Crippen MR) is 120 cm³/mol. The van der Waals surface area contributed by atoms with E-state index in [2.05, 4.69) is 33.8 Å². The second kappa shape index (κ2) is 8.30. The minimum absolute atomic E-state index is 0.0926. The van der Waals surface area contributed by atoms with Crippen molar-refractivity contribution in [2.24, 2.45) is 46.3 Å². The molecule has 0 aromatic heterocycles. The van der Waals surface area contributed by atoms with Gasteiger partial charge in [-0.3, -0.25) is 0 Å². The second-order valence-electron chi connectivity index (χ2n) is 12.1. The van der Waals surface area contributed by atoms with Gasteiger partial charge in [-0.25, -0.2) is 0 Å². The predicted octanol–water partition coefficient (Wildman–Crippen LogP) is 6.36. The standard InChI is InChI=1S/C27H46O2/c1-18(17-28)6-5-7-19(2)23-10-11-24-22-9-8-20-16-21(29)12-14-26(20,3)25(22)13-15-27(23,24)4/h8,18-19,21-25,28-29H,5-7,9-17H2,1-4H3/t18-,19+,21-,22-,23+,24-,25-,26-,27+/m0/s1. The van der Waals surface area contributed by atoms with Gasteiger partial charge in [0, 0.05) is 6.61 Å². The molecule has 29 heavy (non-hydrogen) atoms. The Morgan fingerprint density at radius 2 is 1.83 bits per heavy atom. The molecular weight excluding hydrogens is 356 g/mol. The highest BCUT2D eigenvalue weighted by atomic mass is 16.3. The molecule has 9 atom stereocenters. The van der Waals surface area contributed by atoms with Crippen molar-refractivity contribution >= 4 is 0 Å². The van der Waals surface area contributed by atoms with Crippen LogP contribution in [-0.2, 0) is 0 Å². The Balaban J connectivity index is 1.46. The molecule has 3 fully saturated rings. The van der Waals surface area contributed by atoms with Crippen LogP contribution in [0.25, 0.3) is 0 Å². The van der Waals surface area contributed by atoms with Gasteiger partial charge in [-0.1, -0.05) is 52.2 Å². The Bertz CT molecular complexity index is 612. The summed E-state index contributed by atoms with van der Waals surface area (Å²) in [5, 5.41) is 19.5. The molecule has 0 heterocycles. The molecule has 0 radical (unpaired) electrons. The van der Waals surface area contributed by atoms with E-state index in [0.29, 0.717) is 23.4 Å². The average Bonchev–Trinajstić information content (AvgIpc) is 3.05. The zero-order valence-corrected chi connectivity index (χ0v) is 19.5. The highest BCUT2D eigenvalue weighted by molar-refractivity contribution is 5.25. The van der Waals surface area contributed by atoms with Crippen LogP contribution >= 0.6 is 0 Å². The van der Waals surface area contributed by atoms with Gasteiger partial charge in [0.2, 0.25) is 0 Å². The minimum atomic E-state index is -0.0926. The van der Waals surface area contributed by atoms with Crippen molar-refractivity contribution in [3.8, 4) is 0 Å². The maximum Gasteiger partial charge on any atom is 0.0577 e. The van der Waals surface area contributed by atoms with E-state index in [1.807, 2.05) is 0 Å². The van der Waals surface area contributed by atoms with Crippen LogP contribution in [0.2, 0.25) is 0 Å². The first-order valence-electron chi connectivity index (χ1n) is 12.8. The molecule has 0 aromatic rings. The van der Waals surface area contributed by atoms with Crippen molar-refractivity contribution in [1.82, 2.24) is 0 Å². The Labute approximate surface area is 179 Å². The minimum Gasteiger partial charge on any atom is -0.396 e. The van der Waals surface area contributed by atoms with Gasteiger partial charge in [0.05, 0.1) is 6.10 Å². The number of rotatable bonds is 6. The third kappa shape index (κ3) is 3.75. The molecule has 4 aliphatic carbocycles. The molecule has 2 heteroatoms. The van der Waals surface area contributed by atoms with Crippen LogP contribution in [0.4, 0.5) is 0 Å². The summed E-state index contributed by atoms with van der Waals surface area (Å²) in [6.07, 6.45) is 16.4. The van der Waals surface area contributed by atoms with Gasteiger partial charge in [0.25, 0.3) is 0 Å². The van der Waals surface area contributed by atoms with Crippen molar-refractivity contribution in [2.75, 3.05) is 6.61 Å². The molecule has 3 saturated carbocycles. The molecule has 0 bridgehead atoms. The van der Waals surface area contributed by atoms with Crippen LogP contribution in [-0.4, -0.2) is 22.9 Å². The smallest absolute Gasteiger partial charge is 0.0577 e. The van der Waals surface area contributed by atoms with Crippen LogP contribution < -0.4 is 0 Å². The molecular formula is C27H46O2. The fourth-order valence-corrected chi connectivity index (χ4v) is 8.70. The molecule has 0 unspecified atom stereocenters. The van der Waals surface area contributed by atoms with E-state index in [-0.39, 0.29) is 6.10 Å². The van der Waals surface area contributed by atoms with Crippen LogP contribution in [0.3, 0.4) is 0 Å². The van der Waals surface area contributed by atoms with E-state index >= 15 is 0 Å². The summed E-state index contributed by atoms with van der Waals surface area (Å²) in [6.45, 7) is 10.2. The van der Waals surface area contributed by atoms with Gasteiger partial charge in [-0.15, -0.1) is 0 Å². The van der Waals surface area contributed by atoms with Crippen molar-refractivity contribution in [3.63, 3.8) is 0 Å². The zero-order valence-electron chi connectivity index (χ0n) is 19.5. The monoisotopic (exact) mass is 402 g/mol. The molecule has 4 aliphatic rings. The molecule has 166 valence electrons. The number of hydrogen-bond donors (Lipinski definition) is 2. The van der Waals surface area contributed by atoms with E-state index in [1.165, 1.54) is 57.8 Å². The Kier molecular flexibility index (Phi) is 6.26. The molecule has 0 spiro atoms. The van der Waals surface area contributed by atoms with E-state index in [9.17, 15) is 10.2 Å². The summed E-state index contributed by atoms with van der Waals surface area (Å²) in [5.74, 6) is 4.82. The lowest BCUT2D eigenvalue weighted by molar-refractivity contribution is -0.0573. The quantitative estimate of drug-likeness (QED) is 0.507. The van der Waals surface area contributed by atoms with E-state index in [4.69, 9.17) is 0 Å². The van der Waals surface area contributed by atoms with Crippen LogP contribution in [0, 0.1) is 46.3 Å². The molecule has 4 rings (SSSR count). The van der Waals surface area contributed by atoms with Crippen molar-refractivity contribution in [2.45, 2.75) is 104 Å². The molecule has 0 aromatic carbocycles. The van der Waals surface area contributed by atoms with Crippen molar-refractivity contribution in [3.05, 3.63) is 11.6 Å². The van der Waals surface area contributed by atoms with Gasteiger partial charge in [0.15, 0.2) is 0 Å². The largest absolute Gasteiger partial charge is 0.396 e. The summed E-state index contributed by atoms with van der Waals surface area (Å²) >= 11 is 0. The number of aliphatic hydroxyl groups excluding tert-OH is 2. The summed E-state index contributed by atoms with van der Waals surface area (Å²) in [5.41, 5.74) is 2.51. The maximum absolute atomic E-state index is 10.2. The van der Waals surface area contributed by atoms with Gasteiger partial charge in [0.1, 0.15) is 0 Å². The van der Waals surface area contributed by atoms with Crippen LogP contribution in [0.5, 0.6) is 0 Å². The topological polar surface area (TPSA) is 40.5 Å². The van der Waals surface area contributed by atoms with E-state index in [1.54, 1.807) is 5.57 Å². The van der Waals surface area contributed by atoms with E-state index in [0.717, 1.165) is 42.4 Å². The molecule has 0 amide bonds. The average molecular weight is 403 g/mol. The zero-order chi connectivity index (χ0) is 20.8. The highest BCUT2D eigenvalue weighted by Gasteiger charge is 2.59. The first-order chi connectivity index (χ1) is 13.8. The van der Waals surface area contributed by atoms with Crippen LogP contribution in [0.1, 0.15) is 98.3 Å². The van der Waals surface area contributed by atoms with E-state index < -0.39 is 0 Å². The highest BCUT2D eigenvalue weighted by Crippen LogP contribution is 2.67. The fourth-order valence-electron chi connectivity index (χ4n) is 8.70. The molecule has 0 saturated heterocycles. The Hall–Kier alpha value is -0.340.